The second-order valence-electron chi connectivity index (χ2n) is 7.39. The molecule has 1 aliphatic rings. The zero-order valence-corrected chi connectivity index (χ0v) is 17.4. The summed E-state index contributed by atoms with van der Waals surface area (Å²) >= 11 is 0. The number of hydrogen-bond donors (Lipinski definition) is 5. The van der Waals surface area contributed by atoms with Crippen molar-refractivity contribution in [2.75, 3.05) is 23.3 Å². The van der Waals surface area contributed by atoms with Crippen LogP contribution < -0.4 is 21.3 Å². The molecule has 0 unspecified atom stereocenters. The molecule has 8 heteroatoms. The van der Waals surface area contributed by atoms with Crippen molar-refractivity contribution in [3.05, 3.63) is 71.9 Å². The summed E-state index contributed by atoms with van der Waals surface area (Å²) in [4.78, 5) is 26.5. The molecule has 3 atom stereocenters. The molecule has 1 heterocycles. The van der Waals surface area contributed by atoms with Crippen LogP contribution in [0.25, 0.3) is 0 Å². The average molecular weight is 425 g/mol. The summed E-state index contributed by atoms with van der Waals surface area (Å²) in [6, 6.07) is 14.3. The molecule has 0 aliphatic carbocycles. The Morgan fingerprint density at radius 2 is 1.84 bits per heavy atom. The molecule has 0 aromatic heterocycles. The molecule has 2 aromatic carbocycles. The molecule has 2 amide bonds. The van der Waals surface area contributed by atoms with Gasteiger partial charge in [-0.1, -0.05) is 36.4 Å². The standard InChI is InChI=1S/C23H28N4O4/c1-15(16-7-9-18(10-8-16)25-13-4-12-24)26-22(30)20(28)21(29)23(31)27-14-11-17-5-2-3-6-19(17)27/h2-10,13,15,20-21,25,28-29H,11-12,14,24H2,1H3,(H,26,30)/b13-4-/t15-,20-,21-/m1/s1. The molecule has 3 rings (SSSR count). The van der Waals surface area contributed by atoms with Crippen molar-refractivity contribution in [3.63, 3.8) is 0 Å². The minimum Gasteiger partial charge on any atom is -0.380 e. The van der Waals surface area contributed by atoms with Crippen molar-refractivity contribution in [2.24, 2.45) is 5.73 Å². The number of hydrogen-bond acceptors (Lipinski definition) is 6. The number of aliphatic hydroxyl groups excluding tert-OH is 2. The van der Waals surface area contributed by atoms with Gasteiger partial charge < -0.3 is 31.5 Å². The second kappa shape index (κ2) is 10.2. The van der Waals surface area contributed by atoms with E-state index in [4.69, 9.17) is 5.73 Å². The van der Waals surface area contributed by atoms with Crippen LogP contribution in [0.4, 0.5) is 11.4 Å². The number of carbonyl (C=O) groups is 2. The van der Waals surface area contributed by atoms with Gasteiger partial charge >= 0.3 is 0 Å². The number of nitrogens with zero attached hydrogens (tertiary/aromatic N) is 1. The fourth-order valence-electron chi connectivity index (χ4n) is 3.48. The summed E-state index contributed by atoms with van der Waals surface area (Å²) in [6.07, 6.45) is 0.476. The van der Waals surface area contributed by atoms with Gasteiger partial charge in [0.2, 0.25) is 0 Å². The number of aliphatic hydroxyl groups is 2. The first kappa shape index (κ1) is 22.5. The Morgan fingerprint density at radius 1 is 1.13 bits per heavy atom. The smallest absolute Gasteiger partial charge is 0.259 e. The zero-order chi connectivity index (χ0) is 22.4. The Balaban J connectivity index is 1.58. The summed E-state index contributed by atoms with van der Waals surface area (Å²) in [7, 11) is 0. The van der Waals surface area contributed by atoms with Gasteiger partial charge in [-0.25, -0.2) is 0 Å². The van der Waals surface area contributed by atoms with Gasteiger partial charge in [0.25, 0.3) is 11.8 Å². The lowest BCUT2D eigenvalue weighted by atomic mass is 10.1. The number of nitrogens with two attached hydrogens (primary N) is 1. The van der Waals surface area contributed by atoms with Gasteiger partial charge in [-0.05, 0) is 48.9 Å². The molecule has 0 bridgehead atoms. The summed E-state index contributed by atoms with van der Waals surface area (Å²) in [5, 5.41) is 26.3. The highest BCUT2D eigenvalue weighted by Gasteiger charge is 2.36. The first-order valence-corrected chi connectivity index (χ1v) is 10.2. The number of fused-ring (bicyclic) bond motifs is 1. The van der Waals surface area contributed by atoms with Crippen LogP contribution in [-0.2, 0) is 16.0 Å². The van der Waals surface area contributed by atoms with Crippen LogP contribution in [0.5, 0.6) is 0 Å². The molecule has 0 saturated heterocycles. The molecular formula is C23H28N4O4. The highest BCUT2D eigenvalue weighted by molar-refractivity contribution is 6.01. The van der Waals surface area contributed by atoms with E-state index in [9.17, 15) is 19.8 Å². The Morgan fingerprint density at radius 3 is 2.55 bits per heavy atom. The lowest BCUT2D eigenvalue weighted by Gasteiger charge is -2.24. The van der Waals surface area contributed by atoms with Crippen molar-refractivity contribution in [1.82, 2.24) is 5.32 Å². The Hall–Kier alpha value is -3.20. The number of amides is 2. The third-order valence-corrected chi connectivity index (χ3v) is 5.25. The Labute approximate surface area is 181 Å². The Kier molecular flexibility index (Phi) is 7.41. The SMILES string of the molecule is C[C@@H](NC(=O)[C@H](O)[C@@H](O)C(=O)N1CCc2ccccc21)c1ccc(N/C=C\CN)cc1. The van der Waals surface area contributed by atoms with Crippen molar-refractivity contribution in [2.45, 2.75) is 31.6 Å². The molecule has 31 heavy (non-hydrogen) atoms. The van der Waals surface area contributed by atoms with Crippen LogP contribution in [0.1, 0.15) is 24.1 Å². The van der Waals surface area contributed by atoms with Crippen LogP contribution in [0.3, 0.4) is 0 Å². The maximum Gasteiger partial charge on any atom is 0.259 e. The van der Waals surface area contributed by atoms with E-state index < -0.39 is 30.1 Å². The van der Waals surface area contributed by atoms with Crippen molar-refractivity contribution >= 4 is 23.2 Å². The van der Waals surface area contributed by atoms with Gasteiger partial charge in [0.15, 0.2) is 12.2 Å². The summed E-state index contributed by atoms with van der Waals surface area (Å²) in [5.74, 6) is -1.50. The highest BCUT2D eigenvalue weighted by Crippen LogP contribution is 2.28. The molecular weight excluding hydrogens is 396 g/mol. The summed E-state index contributed by atoms with van der Waals surface area (Å²) in [5.41, 5.74) is 8.75. The molecule has 8 nitrogen and oxygen atoms in total. The van der Waals surface area contributed by atoms with Crippen LogP contribution in [-0.4, -0.2) is 47.3 Å². The lowest BCUT2D eigenvalue weighted by Crippen LogP contribution is -2.51. The fourth-order valence-corrected chi connectivity index (χ4v) is 3.48. The van der Waals surface area contributed by atoms with Crippen LogP contribution in [0.15, 0.2) is 60.8 Å². The molecule has 0 spiro atoms. The second-order valence-corrected chi connectivity index (χ2v) is 7.39. The number of para-hydroxylation sites is 1. The van der Waals surface area contributed by atoms with E-state index in [0.717, 1.165) is 16.8 Å². The van der Waals surface area contributed by atoms with E-state index in [-0.39, 0.29) is 0 Å². The third kappa shape index (κ3) is 5.29. The first-order valence-electron chi connectivity index (χ1n) is 10.2. The van der Waals surface area contributed by atoms with Gasteiger partial charge in [0, 0.05) is 24.5 Å². The molecule has 1 aliphatic heterocycles. The summed E-state index contributed by atoms with van der Waals surface area (Å²) in [6.45, 7) is 2.60. The van der Waals surface area contributed by atoms with Gasteiger partial charge in [0.05, 0.1) is 6.04 Å². The van der Waals surface area contributed by atoms with E-state index in [0.29, 0.717) is 25.2 Å². The van der Waals surface area contributed by atoms with E-state index in [1.807, 2.05) is 36.4 Å². The van der Waals surface area contributed by atoms with E-state index in [1.54, 1.807) is 31.3 Å². The maximum absolute atomic E-state index is 12.7. The minimum absolute atomic E-state index is 0.404. The first-order chi connectivity index (χ1) is 14.9. The largest absolute Gasteiger partial charge is 0.380 e. The van der Waals surface area contributed by atoms with E-state index >= 15 is 0 Å². The highest BCUT2D eigenvalue weighted by atomic mass is 16.3. The Bertz CT molecular complexity index is 945. The summed E-state index contributed by atoms with van der Waals surface area (Å²) < 4.78 is 0. The maximum atomic E-state index is 12.7. The van der Waals surface area contributed by atoms with Crippen molar-refractivity contribution in [1.29, 1.82) is 0 Å². The molecule has 6 N–H and O–H groups in total. The zero-order valence-electron chi connectivity index (χ0n) is 17.4. The van der Waals surface area contributed by atoms with Gasteiger partial charge in [-0.2, -0.15) is 0 Å². The quantitative estimate of drug-likeness (QED) is 0.431. The van der Waals surface area contributed by atoms with E-state index in [2.05, 4.69) is 10.6 Å². The van der Waals surface area contributed by atoms with Crippen molar-refractivity contribution in [3.8, 4) is 0 Å². The topological polar surface area (TPSA) is 128 Å². The average Bonchev–Trinajstić information content (AvgIpc) is 3.22. The molecule has 164 valence electrons. The predicted octanol–water partition coefficient (Wildman–Crippen LogP) is 1.06. The van der Waals surface area contributed by atoms with Crippen molar-refractivity contribution < 1.29 is 19.8 Å². The monoisotopic (exact) mass is 424 g/mol. The number of anilines is 2. The molecule has 2 aromatic rings. The normalized spacial score (nSPS) is 15.9. The number of nitrogens with one attached hydrogen (secondary N) is 2. The number of rotatable bonds is 8. The lowest BCUT2D eigenvalue weighted by molar-refractivity contribution is -0.144. The molecule has 0 saturated carbocycles. The number of benzene rings is 2. The van der Waals surface area contributed by atoms with Crippen LogP contribution in [0.2, 0.25) is 0 Å². The van der Waals surface area contributed by atoms with Crippen LogP contribution >= 0.6 is 0 Å². The molecule has 0 fully saturated rings. The van der Waals surface area contributed by atoms with Gasteiger partial charge in [0.1, 0.15) is 0 Å². The van der Waals surface area contributed by atoms with Gasteiger partial charge in [-0.3, -0.25) is 9.59 Å². The van der Waals surface area contributed by atoms with Gasteiger partial charge in [-0.15, -0.1) is 0 Å². The van der Waals surface area contributed by atoms with Crippen LogP contribution in [0, 0.1) is 0 Å². The third-order valence-electron chi connectivity index (χ3n) is 5.25. The van der Waals surface area contributed by atoms with E-state index in [1.165, 1.54) is 4.90 Å². The number of carbonyl (C=O) groups excluding carboxylic acids is 2. The predicted molar refractivity (Wildman–Crippen MR) is 119 cm³/mol. The minimum atomic E-state index is -1.87. The fraction of sp³-hybridized carbons (Fsp3) is 0.304. The molecule has 0 radical (unpaired) electrons.